The van der Waals surface area contributed by atoms with Crippen LogP contribution in [0.1, 0.15) is 17.7 Å². The summed E-state index contributed by atoms with van der Waals surface area (Å²) in [6.45, 7) is 0.480. The number of para-hydroxylation sites is 1. The summed E-state index contributed by atoms with van der Waals surface area (Å²) < 4.78 is 37.3. The molecule has 0 saturated heterocycles. The largest absolute Gasteiger partial charge is 1.00 e. The summed E-state index contributed by atoms with van der Waals surface area (Å²) >= 11 is 0. The number of anilines is 2. The second-order valence-electron chi connectivity index (χ2n) is 8.11. The Morgan fingerprint density at radius 1 is 1.05 bits per heavy atom. The van der Waals surface area contributed by atoms with Crippen molar-refractivity contribution in [3.8, 4) is 5.75 Å². The Hall–Kier alpha value is -2.78. The number of nitrogens with one attached hydrogen (secondary N) is 2. The van der Waals surface area contributed by atoms with Gasteiger partial charge >= 0.3 is 57.4 Å². The van der Waals surface area contributed by atoms with Gasteiger partial charge in [0.25, 0.3) is 10.1 Å². The zero-order valence-corrected chi connectivity index (χ0v) is 25.6. The zero-order valence-electron chi connectivity index (χ0n) is 21.7. The van der Waals surface area contributed by atoms with Gasteiger partial charge in [-0.2, -0.15) is 8.42 Å². The van der Waals surface area contributed by atoms with Gasteiger partial charge in [-0.15, -0.1) is 0 Å². The molecule has 3 N–H and O–H groups in total. The molecule has 39 heavy (non-hydrogen) atoms. The standard InChI is InChI=1S/C26H28N4O7S.K/c1-18(38(34,35)36)19-8-6-11-21(14-19)29-26(33)27-16-25(32)30(22-12-7-13-23(15-22)37-2)17-24(31)28-20-9-4-3-5-10-20;/h3-15,18H,16-17H2,1-2H3,(H,28,31)(H2,27,29,33)(H,34,35,36);/q;+1/p-1. The number of benzene rings is 3. The van der Waals surface area contributed by atoms with Crippen molar-refractivity contribution in [1.82, 2.24) is 5.32 Å². The average Bonchev–Trinajstić information content (AvgIpc) is 2.90. The number of methoxy groups -OCH3 is 1. The molecule has 0 saturated carbocycles. The van der Waals surface area contributed by atoms with E-state index in [9.17, 15) is 27.7 Å². The molecule has 0 aliphatic carbocycles. The number of nitrogens with zero attached hydrogens (tertiary/aromatic N) is 2. The Bertz CT molecular complexity index is 1420. The van der Waals surface area contributed by atoms with Crippen LogP contribution in [0.25, 0.3) is 0 Å². The van der Waals surface area contributed by atoms with Gasteiger partial charge in [-0.05, 0) is 54.8 Å². The quantitative estimate of drug-likeness (QED) is 0.131. The van der Waals surface area contributed by atoms with Crippen molar-refractivity contribution in [2.24, 2.45) is 4.99 Å². The topological polar surface area (TPSA) is 160 Å². The van der Waals surface area contributed by atoms with E-state index in [4.69, 9.17) is 4.74 Å². The Kier molecular flexibility index (Phi) is 12.6. The molecule has 0 bridgehead atoms. The van der Waals surface area contributed by atoms with Crippen LogP contribution in [0.4, 0.5) is 21.9 Å². The minimum absolute atomic E-state index is 0. The maximum absolute atomic E-state index is 13.1. The van der Waals surface area contributed by atoms with E-state index in [1.165, 1.54) is 43.2 Å². The SMILES string of the molecule is COc1cccc(N(CC([O-])=Nc2ccccc2)C(=O)CNC(=O)Nc2cccc(C(C)S(=O)(=O)O)c2)c1.[K+]. The first-order chi connectivity index (χ1) is 18.1. The van der Waals surface area contributed by atoms with Gasteiger partial charge in [0.15, 0.2) is 0 Å². The fraction of sp³-hybridized carbons (Fsp3) is 0.192. The average molecular weight is 579 g/mol. The monoisotopic (exact) mass is 578 g/mol. The number of amides is 3. The first-order valence-corrected chi connectivity index (χ1v) is 12.9. The number of hydrogen-bond donors (Lipinski definition) is 3. The molecule has 3 amide bonds. The summed E-state index contributed by atoms with van der Waals surface area (Å²) in [6, 6.07) is 20.3. The second kappa shape index (κ2) is 15.1. The minimum atomic E-state index is -4.32. The summed E-state index contributed by atoms with van der Waals surface area (Å²) in [6.07, 6.45) is 0. The Morgan fingerprint density at radius 3 is 2.41 bits per heavy atom. The summed E-state index contributed by atoms with van der Waals surface area (Å²) in [5.41, 5.74) is 1.34. The van der Waals surface area contributed by atoms with E-state index in [0.29, 0.717) is 17.1 Å². The van der Waals surface area contributed by atoms with Crippen molar-refractivity contribution in [2.45, 2.75) is 12.2 Å². The van der Waals surface area contributed by atoms with Crippen molar-refractivity contribution < 1.29 is 83.8 Å². The predicted octanol–water partition coefficient (Wildman–Crippen LogP) is -0.107. The molecule has 3 aromatic carbocycles. The van der Waals surface area contributed by atoms with E-state index >= 15 is 0 Å². The molecule has 0 fully saturated rings. The number of urea groups is 1. The van der Waals surface area contributed by atoms with Gasteiger partial charge in [-0.25, -0.2) is 4.79 Å². The van der Waals surface area contributed by atoms with E-state index in [-0.39, 0.29) is 69.2 Å². The van der Waals surface area contributed by atoms with Gasteiger partial charge in [0, 0.05) is 17.4 Å². The number of hydrogen-bond acceptors (Lipinski definition) is 7. The number of aliphatic imine (C=N–C) groups is 1. The van der Waals surface area contributed by atoms with Crippen molar-refractivity contribution >= 4 is 45.0 Å². The minimum Gasteiger partial charge on any atom is -0.860 e. The third kappa shape index (κ3) is 10.0. The summed E-state index contributed by atoms with van der Waals surface area (Å²) in [5, 5.41) is 16.4. The van der Waals surface area contributed by atoms with Crippen LogP contribution in [0.3, 0.4) is 0 Å². The van der Waals surface area contributed by atoms with Crippen molar-refractivity contribution in [3.63, 3.8) is 0 Å². The van der Waals surface area contributed by atoms with Gasteiger partial charge in [0.05, 0.1) is 25.9 Å². The van der Waals surface area contributed by atoms with Gasteiger partial charge in [0.2, 0.25) is 5.91 Å². The van der Waals surface area contributed by atoms with Crippen LogP contribution in [0.5, 0.6) is 5.75 Å². The van der Waals surface area contributed by atoms with E-state index in [0.717, 1.165) is 0 Å². The predicted molar refractivity (Wildman–Crippen MR) is 142 cm³/mol. The van der Waals surface area contributed by atoms with E-state index in [2.05, 4.69) is 15.6 Å². The van der Waals surface area contributed by atoms with Crippen molar-refractivity contribution in [1.29, 1.82) is 0 Å². The zero-order chi connectivity index (χ0) is 27.7. The summed E-state index contributed by atoms with van der Waals surface area (Å²) in [5.74, 6) is -0.683. The van der Waals surface area contributed by atoms with E-state index in [1.54, 1.807) is 54.6 Å². The Balaban J connectivity index is 0.00000533. The maximum Gasteiger partial charge on any atom is 1.00 e. The third-order valence-electron chi connectivity index (χ3n) is 5.43. The van der Waals surface area contributed by atoms with Gasteiger partial charge in [-0.3, -0.25) is 14.3 Å². The molecular formula is C26H27KN4O7S. The Labute approximate surface area is 269 Å². The molecule has 200 valence electrons. The molecule has 11 nitrogen and oxygen atoms in total. The number of rotatable bonds is 10. The first kappa shape index (κ1) is 32.4. The van der Waals surface area contributed by atoms with Crippen LogP contribution in [0.2, 0.25) is 0 Å². The molecular weight excluding hydrogens is 551 g/mol. The molecule has 1 atom stereocenters. The van der Waals surface area contributed by atoms with Crippen LogP contribution in [-0.2, 0) is 14.9 Å². The molecule has 0 aromatic heterocycles. The number of carbonyl (C=O) groups is 2. The molecule has 0 heterocycles. The van der Waals surface area contributed by atoms with Crippen LogP contribution in [-0.4, -0.2) is 51.0 Å². The van der Waals surface area contributed by atoms with Gasteiger partial charge < -0.3 is 25.4 Å². The summed E-state index contributed by atoms with van der Waals surface area (Å²) in [4.78, 5) is 30.8. The first-order valence-electron chi connectivity index (χ1n) is 11.4. The van der Waals surface area contributed by atoms with Crippen molar-refractivity contribution in [3.05, 3.63) is 84.4 Å². The molecule has 0 spiro atoms. The van der Waals surface area contributed by atoms with E-state index in [1.807, 2.05) is 0 Å². The van der Waals surface area contributed by atoms with Crippen LogP contribution >= 0.6 is 0 Å². The smallest absolute Gasteiger partial charge is 0.860 e. The maximum atomic E-state index is 13.1. The number of ether oxygens (including phenoxy) is 1. The fourth-order valence-corrected chi connectivity index (χ4v) is 3.88. The van der Waals surface area contributed by atoms with Crippen LogP contribution < -0.4 is 76.8 Å². The van der Waals surface area contributed by atoms with Crippen LogP contribution in [0.15, 0.2) is 83.9 Å². The van der Waals surface area contributed by atoms with Crippen LogP contribution in [0, 0.1) is 0 Å². The fourth-order valence-electron chi connectivity index (χ4n) is 3.39. The molecule has 0 aliphatic heterocycles. The number of carbonyl (C=O) groups excluding carboxylic acids is 2. The van der Waals surface area contributed by atoms with E-state index < -0.39 is 39.7 Å². The third-order valence-corrected chi connectivity index (χ3v) is 6.60. The molecule has 1 unspecified atom stereocenters. The molecule has 3 aromatic rings. The summed E-state index contributed by atoms with van der Waals surface area (Å²) in [7, 11) is -2.85. The van der Waals surface area contributed by atoms with Crippen molar-refractivity contribution in [2.75, 3.05) is 30.4 Å². The molecule has 13 heteroatoms. The van der Waals surface area contributed by atoms with Gasteiger partial charge in [0.1, 0.15) is 11.0 Å². The molecule has 0 radical (unpaired) electrons. The molecule has 0 aliphatic rings. The normalized spacial score (nSPS) is 12.0. The molecule has 3 rings (SSSR count). The Morgan fingerprint density at radius 2 is 1.74 bits per heavy atom. The van der Waals surface area contributed by atoms with Gasteiger partial charge in [-0.1, -0.05) is 36.4 Å². The second-order valence-corrected chi connectivity index (χ2v) is 9.85.